The molecule has 0 bridgehead atoms. The van der Waals surface area contributed by atoms with Crippen molar-refractivity contribution in [3.8, 4) is 0 Å². The van der Waals surface area contributed by atoms with Gasteiger partial charge in [0.05, 0.1) is 0 Å². The molecule has 1 atom stereocenters. The molecule has 8 heteroatoms. The molecule has 0 aliphatic heterocycles. The van der Waals surface area contributed by atoms with Crippen molar-refractivity contribution in [2.24, 2.45) is 0 Å². The number of benzene rings is 1. The Hall–Kier alpha value is -3.00. The molecule has 1 aliphatic carbocycles. The number of rotatable bonds is 8. The van der Waals surface area contributed by atoms with Gasteiger partial charge in [-0.15, -0.1) is 5.10 Å². The molecule has 1 aromatic carbocycles. The number of aryl methyl sites for hydroxylation is 1. The number of carbonyl (C=O) groups excluding carboxylic acids is 2. The second kappa shape index (κ2) is 8.57. The van der Waals surface area contributed by atoms with Crippen LogP contribution in [0.1, 0.15) is 46.5 Å². The number of hydrogen-bond donors (Lipinski definition) is 1. The lowest BCUT2D eigenvalue weighted by molar-refractivity contribution is -0.126. The van der Waals surface area contributed by atoms with Gasteiger partial charge in [0, 0.05) is 18.0 Å². The van der Waals surface area contributed by atoms with E-state index in [0.29, 0.717) is 24.5 Å². The smallest absolute Gasteiger partial charge is 0.276 e. The van der Waals surface area contributed by atoms with E-state index in [1.54, 1.807) is 22.4 Å². The van der Waals surface area contributed by atoms with Gasteiger partial charge in [-0.05, 0) is 55.4 Å². The van der Waals surface area contributed by atoms with E-state index < -0.39 is 6.04 Å². The summed E-state index contributed by atoms with van der Waals surface area (Å²) in [6, 6.07) is 12.7. The molecule has 0 spiro atoms. The number of aromatic nitrogens is 2. The maximum Gasteiger partial charge on any atom is 0.276 e. The van der Waals surface area contributed by atoms with Crippen LogP contribution in [0.25, 0.3) is 0 Å². The summed E-state index contributed by atoms with van der Waals surface area (Å²) >= 11 is 1.12. The van der Waals surface area contributed by atoms with Gasteiger partial charge in [0.1, 0.15) is 11.5 Å². The van der Waals surface area contributed by atoms with Gasteiger partial charge in [0.2, 0.25) is 0 Å². The number of nitrogens with zero attached hydrogens (tertiary/aromatic N) is 3. The minimum absolute atomic E-state index is 0.000482. The van der Waals surface area contributed by atoms with E-state index in [1.807, 2.05) is 37.3 Å². The molecule has 2 heterocycles. The van der Waals surface area contributed by atoms with Crippen molar-refractivity contribution in [3.63, 3.8) is 0 Å². The normalized spacial score (nSPS) is 14.4. The van der Waals surface area contributed by atoms with Crippen LogP contribution in [0, 0.1) is 6.92 Å². The molecule has 3 aromatic rings. The molecule has 2 amide bonds. The third kappa shape index (κ3) is 4.54. The monoisotopic (exact) mass is 410 g/mol. The molecular weight excluding hydrogens is 388 g/mol. The molecule has 1 aliphatic rings. The molecule has 4 rings (SSSR count). The van der Waals surface area contributed by atoms with Crippen molar-refractivity contribution in [2.75, 3.05) is 6.54 Å². The fraction of sp³-hybridized carbons (Fsp3) is 0.333. The molecule has 150 valence electrons. The third-order valence-electron chi connectivity index (χ3n) is 4.87. The van der Waals surface area contributed by atoms with Crippen molar-refractivity contribution in [3.05, 3.63) is 70.6 Å². The summed E-state index contributed by atoms with van der Waals surface area (Å²) in [5.74, 6) is 0.612. The minimum Gasteiger partial charge on any atom is -0.464 e. The average molecular weight is 410 g/mol. The van der Waals surface area contributed by atoms with Gasteiger partial charge < -0.3 is 14.6 Å². The Labute approximate surface area is 172 Å². The average Bonchev–Trinajstić information content (AvgIpc) is 3.22. The summed E-state index contributed by atoms with van der Waals surface area (Å²) in [6.07, 6.45) is 2.43. The zero-order valence-corrected chi connectivity index (χ0v) is 16.9. The van der Waals surface area contributed by atoms with Crippen LogP contribution in [-0.2, 0) is 11.2 Å². The Balaban J connectivity index is 1.55. The van der Waals surface area contributed by atoms with E-state index in [0.717, 1.165) is 29.9 Å². The maximum atomic E-state index is 13.2. The van der Waals surface area contributed by atoms with Crippen molar-refractivity contribution in [2.45, 2.75) is 38.3 Å². The summed E-state index contributed by atoms with van der Waals surface area (Å²) in [7, 11) is 0. The molecule has 0 saturated heterocycles. The van der Waals surface area contributed by atoms with Gasteiger partial charge in [-0.1, -0.05) is 34.8 Å². The fourth-order valence-electron chi connectivity index (χ4n) is 3.30. The highest BCUT2D eigenvalue weighted by atomic mass is 32.1. The summed E-state index contributed by atoms with van der Waals surface area (Å²) in [5.41, 5.74) is 1.40. The quantitative estimate of drug-likeness (QED) is 0.616. The van der Waals surface area contributed by atoms with Gasteiger partial charge in [0.25, 0.3) is 11.8 Å². The first-order chi connectivity index (χ1) is 14.1. The summed E-state index contributed by atoms with van der Waals surface area (Å²) in [4.78, 5) is 27.9. The number of nitrogens with one attached hydrogen (secondary N) is 1. The van der Waals surface area contributed by atoms with Crippen molar-refractivity contribution in [1.29, 1.82) is 0 Å². The van der Waals surface area contributed by atoms with E-state index in [4.69, 9.17) is 4.42 Å². The Bertz CT molecular complexity index is 967. The topological polar surface area (TPSA) is 88.3 Å². The van der Waals surface area contributed by atoms with Crippen LogP contribution in [0.3, 0.4) is 0 Å². The van der Waals surface area contributed by atoms with Crippen molar-refractivity contribution < 1.29 is 14.0 Å². The van der Waals surface area contributed by atoms with Crippen LogP contribution >= 0.6 is 11.5 Å². The van der Waals surface area contributed by atoms with Crippen LogP contribution in [0.4, 0.5) is 0 Å². The molecular formula is C21H22N4O3S. The molecule has 1 N–H and O–H groups in total. The number of carbonyl (C=O) groups is 2. The highest BCUT2D eigenvalue weighted by Gasteiger charge is 2.43. The van der Waals surface area contributed by atoms with Crippen molar-refractivity contribution in [1.82, 2.24) is 19.8 Å². The highest BCUT2D eigenvalue weighted by molar-refractivity contribution is 7.03. The minimum atomic E-state index is -0.832. The van der Waals surface area contributed by atoms with Gasteiger partial charge in [0.15, 0.2) is 11.7 Å². The van der Waals surface area contributed by atoms with Crippen LogP contribution in [0.15, 0.2) is 52.3 Å². The van der Waals surface area contributed by atoms with E-state index in [-0.39, 0.29) is 23.6 Å². The lowest BCUT2D eigenvalue weighted by Crippen LogP contribution is -2.45. The van der Waals surface area contributed by atoms with Gasteiger partial charge in [-0.2, -0.15) is 0 Å². The predicted octanol–water partition coefficient (Wildman–Crippen LogP) is 3.14. The lowest BCUT2D eigenvalue weighted by Gasteiger charge is -2.29. The lowest BCUT2D eigenvalue weighted by atomic mass is 10.1. The number of furan rings is 1. The van der Waals surface area contributed by atoms with Gasteiger partial charge in [-0.25, -0.2) is 0 Å². The Morgan fingerprint density at radius 3 is 2.66 bits per heavy atom. The number of hydrogen-bond acceptors (Lipinski definition) is 6. The molecule has 0 unspecified atom stereocenters. The van der Waals surface area contributed by atoms with E-state index in [2.05, 4.69) is 14.9 Å². The Morgan fingerprint density at radius 1 is 1.24 bits per heavy atom. The molecule has 2 aromatic heterocycles. The SMILES string of the molecule is Cc1ccc([C@H](C(=O)NCCc2ccccc2)N(C(=O)c2csnn2)C2CC2)o1. The van der Waals surface area contributed by atoms with Crippen LogP contribution < -0.4 is 5.32 Å². The van der Waals surface area contributed by atoms with E-state index in [1.165, 1.54) is 0 Å². The van der Waals surface area contributed by atoms with E-state index in [9.17, 15) is 9.59 Å². The standard InChI is InChI=1S/C21H22N4O3S/c1-14-7-10-18(28-14)19(20(26)22-12-11-15-5-3-2-4-6-15)25(16-8-9-16)21(27)17-13-29-24-23-17/h2-7,10,13,16,19H,8-9,11-12H2,1H3,(H,22,26)/t19-/m1/s1. The zero-order valence-electron chi connectivity index (χ0n) is 16.1. The summed E-state index contributed by atoms with van der Waals surface area (Å²) in [5, 5.41) is 8.49. The van der Waals surface area contributed by atoms with E-state index >= 15 is 0 Å². The summed E-state index contributed by atoms with van der Waals surface area (Å²) < 4.78 is 9.56. The molecule has 29 heavy (non-hydrogen) atoms. The Morgan fingerprint density at radius 2 is 2.03 bits per heavy atom. The second-order valence-electron chi connectivity index (χ2n) is 7.11. The summed E-state index contributed by atoms with van der Waals surface area (Å²) in [6.45, 7) is 2.30. The zero-order chi connectivity index (χ0) is 20.2. The first-order valence-electron chi connectivity index (χ1n) is 9.61. The van der Waals surface area contributed by atoms with Gasteiger partial charge >= 0.3 is 0 Å². The maximum absolute atomic E-state index is 13.2. The first-order valence-corrected chi connectivity index (χ1v) is 10.4. The van der Waals surface area contributed by atoms with Crippen LogP contribution in [0.2, 0.25) is 0 Å². The molecule has 7 nitrogen and oxygen atoms in total. The third-order valence-corrected chi connectivity index (χ3v) is 5.37. The van der Waals surface area contributed by atoms with Gasteiger partial charge in [-0.3, -0.25) is 9.59 Å². The Kier molecular flexibility index (Phi) is 5.71. The largest absolute Gasteiger partial charge is 0.464 e. The predicted molar refractivity (Wildman–Crippen MR) is 108 cm³/mol. The van der Waals surface area contributed by atoms with Crippen LogP contribution in [-0.4, -0.2) is 38.9 Å². The van der Waals surface area contributed by atoms with Crippen molar-refractivity contribution >= 4 is 23.3 Å². The first kappa shape index (κ1) is 19.3. The highest BCUT2D eigenvalue weighted by Crippen LogP contribution is 2.36. The molecule has 0 radical (unpaired) electrons. The van der Waals surface area contributed by atoms with Crippen LogP contribution in [0.5, 0.6) is 0 Å². The molecule has 1 saturated carbocycles. The fourth-order valence-corrected chi connectivity index (χ4v) is 3.73. The number of amides is 2. The molecule has 1 fully saturated rings. The second-order valence-corrected chi connectivity index (χ2v) is 7.72.